The van der Waals surface area contributed by atoms with Crippen molar-refractivity contribution in [3.63, 3.8) is 0 Å². The van der Waals surface area contributed by atoms with Gasteiger partial charge in [0, 0.05) is 0 Å². The normalized spacial score (nSPS) is 11.7. The van der Waals surface area contributed by atoms with Gasteiger partial charge in [0.25, 0.3) is 0 Å². The van der Waals surface area contributed by atoms with Crippen LogP contribution in [0.1, 0.15) is 0 Å². The van der Waals surface area contributed by atoms with Gasteiger partial charge in [0.2, 0.25) is 0 Å². The van der Waals surface area contributed by atoms with Crippen molar-refractivity contribution in [2.24, 2.45) is 0 Å². The predicted octanol–water partition coefficient (Wildman–Crippen LogP) is 8.00. The van der Waals surface area contributed by atoms with E-state index >= 15 is 0 Å². The molecular weight excluding hydrogens is 760 g/mol. The van der Waals surface area contributed by atoms with Crippen LogP contribution in [-0.2, 0) is 14.7 Å². The van der Waals surface area contributed by atoms with Crippen LogP contribution in [0.2, 0.25) is 0 Å². The van der Waals surface area contributed by atoms with Gasteiger partial charge in [-0.05, 0) is 23.8 Å². The molecule has 0 aliphatic carbocycles. The van der Waals surface area contributed by atoms with Crippen LogP contribution in [0.4, 0.5) is 0 Å². The molecule has 6 rings (SSSR count). The molecule has 5 heteroatoms. The Labute approximate surface area is 259 Å². The molecule has 0 atom stereocenters. The molecule has 0 saturated carbocycles. The minimum Gasteiger partial charge on any atom is -0.0622 e. The van der Waals surface area contributed by atoms with E-state index < -0.39 is 28.0 Å². The fraction of sp³-hybridized carbons (Fsp3) is 0. The van der Waals surface area contributed by atoms with Gasteiger partial charge in [-0.15, -0.1) is 0 Å². The molecule has 0 aliphatic heterocycles. The van der Waals surface area contributed by atoms with Crippen LogP contribution >= 0.6 is 32.1 Å². The van der Waals surface area contributed by atoms with Crippen molar-refractivity contribution in [1.29, 1.82) is 0 Å². The van der Waals surface area contributed by atoms with Crippen molar-refractivity contribution in [3.05, 3.63) is 182 Å². The first-order valence-electron chi connectivity index (χ1n) is 13.3. The average Bonchev–Trinajstić information content (AvgIpc) is 3.05. The summed E-state index contributed by atoms with van der Waals surface area (Å²) < 4.78 is 0. The van der Waals surface area contributed by atoms with Crippen LogP contribution in [0.15, 0.2) is 182 Å². The molecule has 0 amide bonds. The van der Waals surface area contributed by atoms with E-state index in [2.05, 4.69) is 164 Å². The van der Waals surface area contributed by atoms with Gasteiger partial charge in [-0.25, -0.2) is 0 Å². The quantitative estimate of drug-likeness (QED) is 0.144. The van der Waals surface area contributed by atoms with Gasteiger partial charge in [0.1, 0.15) is 0 Å². The summed E-state index contributed by atoms with van der Waals surface area (Å²) in [4.78, 5) is 0. The number of benzene rings is 6. The fourth-order valence-corrected chi connectivity index (χ4v) is 28.5. The first kappa shape index (κ1) is 29.9. The molecule has 0 aliphatic rings. The van der Waals surface area contributed by atoms with E-state index in [1.807, 2.05) is 18.2 Å². The summed E-state index contributed by atoms with van der Waals surface area (Å²) >= 11 is -2.22. The second kappa shape index (κ2) is 15.1. The molecule has 0 spiro atoms. The standard InChI is InChI=1S/2C18H15P.2ClH.Pt/c2*1-4-10-16(11-5-1)19(17-12-6-2-7-13-17)18-14-8-3-9-15-18;;;/h2*1-15H;2*1H;/q;;;;+1/p-1. The summed E-state index contributed by atoms with van der Waals surface area (Å²) in [5.41, 5.74) is 0. The van der Waals surface area contributed by atoms with E-state index in [1.165, 1.54) is 31.8 Å². The summed E-state index contributed by atoms with van der Waals surface area (Å²) in [5, 5.41) is 5.76. The van der Waals surface area contributed by atoms with Gasteiger partial charge >= 0.3 is 146 Å². The Kier molecular flexibility index (Phi) is 11.0. The number of hydrogen-bond donors (Lipinski definition) is 0. The molecule has 0 radical (unpaired) electrons. The van der Waals surface area contributed by atoms with Crippen molar-refractivity contribution in [1.82, 2.24) is 0 Å². The molecule has 0 N–H and O–H groups in total. The molecule has 41 heavy (non-hydrogen) atoms. The smallest absolute Gasteiger partial charge is 0.0134 e. The van der Waals surface area contributed by atoms with E-state index in [9.17, 15) is 0 Å². The molecule has 6 aromatic carbocycles. The molecule has 209 valence electrons. The minimum absolute atomic E-state index is 0.446. The van der Waals surface area contributed by atoms with E-state index in [0.717, 1.165) is 0 Å². The number of hydrogen-bond acceptors (Lipinski definition) is 0. The minimum atomic E-state index is -2.31. The summed E-state index contributed by atoms with van der Waals surface area (Å²) in [6, 6.07) is 64.0. The largest absolute Gasteiger partial charge is 0.0622 e. The van der Waals surface area contributed by atoms with Crippen LogP contribution in [0.3, 0.4) is 0 Å². The molecule has 0 nitrogen and oxygen atoms in total. The van der Waals surface area contributed by atoms with Crippen LogP contribution in [0, 0.1) is 0 Å². The molecule has 0 aromatic heterocycles. The van der Waals surface area contributed by atoms with E-state index in [0.29, 0.717) is 0 Å². The van der Waals surface area contributed by atoms with Crippen LogP contribution < -0.4 is 31.8 Å². The summed E-state index contributed by atoms with van der Waals surface area (Å²) in [6.45, 7) is 0. The van der Waals surface area contributed by atoms with Gasteiger partial charge in [0.15, 0.2) is 0 Å². The van der Waals surface area contributed by atoms with Gasteiger partial charge in [-0.1, -0.05) is 91.0 Å². The second-order valence-electron chi connectivity index (χ2n) is 9.22. The monoisotopic (exact) mass is 790 g/mol. The third-order valence-corrected chi connectivity index (χ3v) is 31.3. The van der Waals surface area contributed by atoms with E-state index in [-0.39, 0.29) is 0 Å². The van der Waals surface area contributed by atoms with E-state index in [1.54, 1.807) is 0 Å². The first-order chi connectivity index (χ1) is 20.2. The summed E-state index contributed by atoms with van der Waals surface area (Å²) in [5.74, 6) is 0. The molecule has 0 saturated heterocycles. The van der Waals surface area contributed by atoms with Crippen molar-refractivity contribution in [2.75, 3.05) is 0 Å². The SMILES string of the molecule is [Cl][Pt]([Cl])[PH](c1ccccc1)(c1ccccc1)c1ccccc1.c1ccc(P(c2ccccc2)c2ccccc2)cc1. The zero-order chi connectivity index (χ0) is 28.3. The van der Waals surface area contributed by atoms with Crippen molar-refractivity contribution < 1.29 is 14.7 Å². The summed E-state index contributed by atoms with van der Waals surface area (Å²) in [6.07, 6.45) is 0. The van der Waals surface area contributed by atoms with Gasteiger partial charge in [0.05, 0.1) is 0 Å². The van der Waals surface area contributed by atoms with Crippen LogP contribution in [-0.4, -0.2) is 0 Å². The summed E-state index contributed by atoms with van der Waals surface area (Å²) in [7, 11) is 13.1. The Balaban J connectivity index is 0.000000166. The Morgan fingerprint density at radius 2 is 0.561 bits per heavy atom. The van der Waals surface area contributed by atoms with Gasteiger partial charge in [-0.2, -0.15) is 0 Å². The van der Waals surface area contributed by atoms with Crippen molar-refractivity contribution in [2.45, 2.75) is 0 Å². The molecule has 6 aromatic rings. The van der Waals surface area contributed by atoms with Crippen LogP contribution in [0.25, 0.3) is 0 Å². The molecule has 0 fully saturated rings. The molecule has 0 bridgehead atoms. The van der Waals surface area contributed by atoms with Crippen molar-refractivity contribution >= 4 is 63.9 Å². The fourth-order valence-electron chi connectivity index (χ4n) is 4.86. The molecule has 0 heterocycles. The second-order valence-corrected chi connectivity index (χ2v) is 31.5. The zero-order valence-electron chi connectivity index (χ0n) is 22.3. The molecule has 0 unspecified atom stereocenters. The topological polar surface area (TPSA) is 0 Å². The van der Waals surface area contributed by atoms with Gasteiger partial charge < -0.3 is 0 Å². The third-order valence-electron chi connectivity index (χ3n) is 6.68. The predicted molar refractivity (Wildman–Crippen MR) is 183 cm³/mol. The maximum atomic E-state index is 6.79. The maximum Gasteiger partial charge on any atom is -0.0134 e. The van der Waals surface area contributed by atoms with Gasteiger partial charge in [-0.3, -0.25) is 0 Å². The maximum absolute atomic E-state index is 6.79. The average molecular weight is 792 g/mol. The Bertz CT molecular complexity index is 1400. The zero-order valence-corrected chi connectivity index (χ0v) is 28.0. The van der Waals surface area contributed by atoms with E-state index in [4.69, 9.17) is 18.8 Å². The molecular formula is C36H31Cl2P2Pt. The first-order valence-corrected chi connectivity index (χ1v) is 25.5. The third kappa shape index (κ3) is 7.09. The number of halogens is 2. The Hall–Kier alpha value is -2.55. The Morgan fingerprint density at radius 3 is 0.780 bits per heavy atom. The Morgan fingerprint density at radius 1 is 0.341 bits per heavy atom. The van der Waals surface area contributed by atoms with Crippen molar-refractivity contribution in [3.8, 4) is 0 Å². The number of rotatable bonds is 7. The van der Waals surface area contributed by atoms with Crippen LogP contribution in [0.5, 0.6) is 0 Å².